The number of carbonyl (C=O) groups is 4. The molecule has 5 fully saturated rings. The van der Waals surface area contributed by atoms with Gasteiger partial charge in [-0.3, -0.25) is 53.9 Å². The molecule has 2 aromatic rings. The van der Waals surface area contributed by atoms with Crippen LogP contribution in [0, 0.1) is 0 Å². The zero-order valence-corrected chi connectivity index (χ0v) is 64.5. The molecule has 0 aliphatic carbocycles. The Kier molecular flexibility index (Phi) is 79.7. The monoisotopic (exact) mass is 1670 g/mol. The van der Waals surface area contributed by atoms with Crippen LogP contribution in [-0.4, -0.2) is 267 Å². The molecule has 0 radical (unpaired) electrons. The van der Waals surface area contributed by atoms with Crippen molar-refractivity contribution in [1.82, 2.24) is 10.1 Å². The van der Waals surface area contributed by atoms with Crippen LogP contribution in [0.1, 0.15) is 58.1 Å². The Morgan fingerprint density at radius 1 is 0.607 bits per heavy atom. The molecule has 0 spiro atoms. The minimum Gasteiger partial charge on any atom is -1.00 e. The van der Waals surface area contributed by atoms with Crippen LogP contribution in [0.2, 0.25) is 0 Å². The number of carbonyl (C=O) groups excluding carboxylic acids is 4. The van der Waals surface area contributed by atoms with Gasteiger partial charge in [-0.2, -0.15) is 0 Å². The summed E-state index contributed by atoms with van der Waals surface area (Å²) in [6, 6.07) is 12.9. The number of epoxide rings is 2. The number of imide groups is 2. The molecule has 9 rings (SSSR count). The van der Waals surface area contributed by atoms with E-state index in [4.69, 9.17) is 141 Å². The molecule has 0 saturated carbocycles. The Balaban J connectivity index is -0.000000177. The first-order valence-electron chi connectivity index (χ1n) is 26.3. The average Bonchev–Trinajstić information content (AvgIpc) is 1.78. The fraction of sp³-hybridized carbons (Fsp3) is 0.680. The summed E-state index contributed by atoms with van der Waals surface area (Å²) in [7, 11) is -3.67. The maximum absolute atomic E-state index is 12.0. The number of aliphatic hydroxyl groups is 3. The van der Waals surface area contributed by atoms with Crippen LogP contribution < -0.4 is 120 Å². The summed E-state index contributed by atoms with van der Waals surface area (Å²) < 4.78 is 84.3. The van der Waals surface area contributed by atoms with Gasteiger partial charge < -0.3 is 75.1 Å². The summed E-state index contributed by atoms with van der Waals surface area (Å²) in [6.45, 7) is 15.4. The van der Waals surface area contributed by atoms with Gasteiger partial charge in [-0.05, 0) is 38.1 Å². The second-order valence-electron chi connectivity index (χ2n) is 16.3. The first-order chi connectivity index (χ1) is 42.1. The van der Waals surface area contributed by atoms with E-state index in [1.807, 2.05) is 13.8 Å². The summed E-state index contributed by atoms with van der Waals surface area (Å²) in [6.07, 6.45) is -0.0877. The molecule has 89 heavy (non-hydrogen) atoms. The molecular weight excluding hydrogens is 1580 g/mol. The summed E-state index contributed by atoms with van der Waals surface area (Å²) in [5.41, 5.74) is 1.25. The quantitative estimate of drug-likeness (QED) is 0.0103. The van der Waals surface area contributed by atoms with E-state index in [1.54, 1.807) is 36.4 Å². The third kappa shape index (κ3) is 54.5. The summed E-state index contributed by atoms with van der Waals surface area (Å²) in [5, 5.41) is 34.9. The maximum atomic E-state index is 12.0. The molecule has 0 aromatic heterocycles. The number of hydroxylamine groups is 4. The van der Waals surface area contributed by atoms with Crippen LogP contribution in [0.25, 0.3) is 0 Å². The van der Waals surface area contributed by atoms with Crippen LogP contribution in [0.4, 0.5) is 12.9 Å². The number of benzene rings is 2. The number of alkyl halides is 5. The molecule has 4 amide bonds. The van der Waals surface area contributed by atoms with Crippen LogP contribution in [0.3, 0.4) is 0 Å². The van der Waals surface area contributed by atoms with Crippen LogP contribution in [0.15, 0.2) is 48.5 Å². The number of hydrogen-bond donors (Lipinski definition) is 7. The van der Waals surface area contributed by atoms with Gasteiger partial charge in [0.15, 0.2) is 0 Å². The molecule has 7 aliphatic heterocycles. The van der Waals surface area contributed by atoms with Gasteiger partial charge in [-0.25, -0.2) is 5.90 Å². The van der Waals surface area contributed by atoms with E-state index in [9.17, 15) is 32.1 Å². The first kappa shape index (κ1) is 99.6. The second-order valence-corrected chi connectivity index (χ2v) is 18.0. The van der Waals surface area contributed by atoms with Gasteiger partial charge >= 0.3 is 110 Å². The van der Waals surface area contributed by atoms with Gasteiger partial charge in [0.05, 0.1) is 165 Å². The minimum atomic E-state index is -3.67. The molecule has 10 N–H and O–H groups in total. The topological polar surface area (TPSA) is 360 Å². The normalized spacial score (nSPS) is 19.4. The number of ether oxygens (including phenoxy) is 11. The zero-order chi connectivity index (χ0) is 66.0. The van der Waals surface area contributed by atoms with Crippen molar-refractivity contribution in [3.8, 4) is 0 Å². The Labute approximate surface area is 654 Å². The van der Waals surface area contributed by atoms with Gasteiger partial charge in [-0.15, -0.1) is 68.1 Å². The SMILES string of the molecule is CCOCC.ClCCOC[C@@H]1CO1.ClC[C@H]1CO1.FB(F)F.II.NN.NOC[C@H]1COCCO1.O=C1c2ccccc2C(=O)N1O.O=C1c2ccccc2C(=O)N1OC[C@H]1COCCO1.OCCCl.OC[C@H]1COCCO1.O[C@@H](CCl)COCCCl.[H-].[H-].[K+].[K+]. The van der Waals surface area contributed by atoms with Crippen molar-refractivity contribution in [3.63, 3.8) is 0 Å². The summed E-state index contributed by atoms with van der Waals surface area (Å²) >= 11 is 30.3. The Morgan fingerprint density at radius 3 is 1.26 bits per heavy atom. The van der Waals surface area contributed by atoms with Crippen molar-refractivity contribution in [1.29, 1.82) is 0 Å². The number of nitrogens with two attached hydrogens (primary N) is 3. The molecule has 0 bridgehead atoms. The van der Waals surface area contributed by atoms with Crippen molar-refractivity contribution >= 4 is 126 Å². The zero-order valence-electron chi connectivity index (χ0n) is 52.2. The van der Waals surface area contributed by atoms with Gasteiger partial charge in [0.25, 0.3) is 23.6 Å². The third-order valence-corrected chi connectivity index (χ3v) is 10.9. The van der Waals surface area contributed by atoms with Gasteiger partial charge in [-0.1, -0.05) is 24.3 Å². The molecule has 510 valence electrons. The second kappa shape index (κ2) is 71.2. The molecule has 39 heteroatoms. The average molecular weight is 1670 g/mol. The van der Waals surface area contributed by atoms with E-state index in [1.165, 1.54) is 12.1 Å². The molecule has 2 aromatic carbocycles. The standard InChI is InChI=1S/C13H13NO5.C8H5NO3.C5H10Cl2O2.C5H9ClO2.C5H11NO3.C5H10O3.C4H10O.C3H5ClO.C2H5ClO.BF3.I2.2K.H4N2.2H/c15-12-10-3-1-2-4-11(10)13(16)14(12)19-8-9-7-17-5-6-18-9;10-7-5-3-1-2-4-6(5)8(11)9(7)12;6-1-2-9-4-5(8)3-7;6-1-2-7-3-5-4-8-5;6-9-4-5-3-7-1-2-8-5;6-3-5-4-7-1-2-8-5;1-3-5-4-2;4-1-3-2-5-3;3-1-2-4;2-1(3)4;1-2;;;1-2;;/h1-4,9H,5-8H2;1-4,12H;5,8H,1-4H2;5H,1-4H2;5H,1-4,6H2;5-6H,1-4H2;3-4H2,1-2H3;3H,1-2H2;4H,1-2H2;;;;;1-2H2;;/q;;;;;;;;;;;2*+1;;2*-1/t9-;;4*5-;;3-;;;;;;;;/m1.0110.0......../s1. The number of halogens is 10. The van der Waals surface area contributed by atoms with Gasteiger partial charge in [0, 0.05) is 68.1 Å². The van der Waals surface area contributed by atoms with E-state index >= 15 is 0 Å². The Bertz CT molecular complexity index is 1910. The number of hydrazine groups is 1. The number of aliphatic hydroxyl groups excluding tert-OH is 3. The Hall–Kier alpha value is 1.96. The summed E-state index contributed by atoms with van der Waals surface area (Å²) in [4.78, 5) is 55.8. The molecular formula is C50H84BCl5F3I2K2N5O21. The summed E-state index contributed by atoms with van der Waals surface area (Å²) in [5.74, 6) is 12.9. The Morgan fingerprint density at radius 2 is 0.978 bits per heavy atom. The predicted molar refractivity (Wildman–Crippen MR) is 338 cm³/mol. The molecule has 26 nitrogen and oxygen atoms in total. The molecule has 0 unspecified atom stereocenters. The smallest absolute Gasteiger partial charge is 1.00 e. The number of rotatable bonds is 19. The number of amides is 4. The van der Waals surface area contributed by atoms with E-state index in [0.29, 0.717) is 133 Å². The fourth-order valence-electron chi connectivity index (χ4n) is 5.75. The van der Waals surface area contributed by atoms with E-state index in [0.717, 1.165) is 31.5 Å². The van der Waals surface area contributed by atoms with Gasteiger partial charge in [0.1, 0.15) is 31.0 Å². The third-order valence-electron chi connectivity index (χ3n) is 9.76. The fourth-order valence-corrected chi connectivity index (χ4v) is 6.23. The first-order valence-corrected chi connectivity index (χ1v) is 35.3. The van der Waals surface area contributed by atoms with Crippen molar-refractivity contribution in [2.45, 2.75) is 50.5 Å². The van der Waals surface area contributed by atoms with Crippen LogP contribution in [0.5, 0.6) is 0 Å². The molecule has 6 atom stereocenters. The van der Waals surface area contributed by atoms with E-state index in [2.05, 4.69) is 53.8 Å². The maximum Gasteiger partial charge on any atom is 1.00 e. The van der Waals surface area contributed by atoms with Crippen molar-refractivity contribution in [3.05, 3.63) is 70.8 Å². The number of fused-ring (bicyclic) bond motifs is 2. The van der Waals surface area contributed by atoms with Crippen molar-refractivity contribution in [2.24, 2.45) is 17.6 Å². The van der Waals surface area contributed by atoms with Gasteiger partial charge in [0.2, 0.25) is 0 Å². The molecule has 5 saturated heterocycles. The van der Waals surface area contributed by atoms with E-state index in [-0.39, 0.29) is 172 Å². The predicted octanol–water partition coefficient (Wildman–Crippen LogP) is -0.943. The van der Waals surface area contributed by atoms with Crippen molar-refractivity contribution in [2.75, 3.05) is 168 Å². The van der Waals surface area contributed by atoms with Crippen LogP contribution in [-0.2, 0) is 61.8 Å². The van der Waals surface area contributed by atoms with E-state index < -0.39 is 37.3 Å². The minimum absolute atomic E-state index is 0. The molecule has 7 heterocycles. The largest absolute Gasteiger partial charge is 1.00 e. The number of nitrogens with zero attached hydrogens (tertiary/aromatic N) is 2. The van der Waals surface area contributed by atoms with Crippen LogP contribution >= 0.6 is 95.2 Å². The number of hydrogen-bond acceptors (Lipinski definition) is 24. The van der Waals surface area contributed by atoms with Crippen molar-refractivity contribution < 1.29 is 220 Å². The molecule has 7 aliphatic rings.